The summed E-state index contributed by atoms with van der Waals surface area (Å²) in [6.45, 7) is 4.16. The highest BCUT2D eigenvalue weighted by molar-refractivity contribution is 5.94. The molecule has 0 bridgehead atoms. The van der Waals surface area contributed by atoms with Gasteiger partial charge in [-0.25, -0.2) is 4.98 Å². The van der Waals surface area contributed by atoms with Gasteiger partial charge in [0.15, 0.2) is 0 Å². The molecule has 2 aromatic heterocycles. The quantitative estimate of drug-likeness (QED) is 0.745. The largest absolute Gasteiger partial charge is 0.341 e. The highest BCUT2D eigenvalue weighted by Crippen LogP contribution is 2.30. The summed E-state index contributed by atoms with van der Waals surface area (Å²) in [7, 11) is 0. The summed E-state index contributed by atoms with van der Waals surface area (Å²) in [6, 6.07) is 8.09. The molecule has 0 aliphatic carbocycles. The summed E-state index contributed by atoms with van der Waals surface area (Å²) in [4.78, 5) is 23.4. The Kier molecular flexibility index (Phi) is 3.76. The molecule has 1 aliphatic heterocycles. The molecule has 1 aliphatic rings. The van der Waals surface area contributed by atoms with Crippen LogP contribution in [0.25, 0.3) is 22.3 Å². The fraction of sp³-hybridized carbons (Fsp3) is 0.316. The van der Waals surface area contributed by atoms with Crippen LogP contribution in [0.5, 0.6) is 0 Å². The third-order valence-electron chi connectivity index (χ3n) is 4.70. The average Bonchev–Trinajstić information content (AvgIpc) is 3.27. The number of hydrogen-bond acceptors (Lipinski definition) is 3. The van der Waals surface area contributed by atoms with Crippen LogP contribution < -0.4 is 0 Å². The monoisotopic (exact) mass is 320 g/mol. The number of aromatic nitrogens is 3. The van der Waals surface area contributed by atoms with Crippen LogP contribution in [0.1, 0.15) is 18.4 Å². The molecule has 0 saturated carbocycles. The van der Waals surface area contributed by atoms with Crippen molar-refractivity contribution in [1.82, 2.24) is 19.4 Å². The lowest BCUT2D eigenvalue weighted by Gasteiger charge is -2.17. The van der Waals surface area contributed by atoms with Crippen LogP contribution in [0.15, 0.2) is 42.9 Å². The summed E-state index contributed by atoms with van der Waals surface area (Å²) < 4.78 is 1.95. The second kappa shape index (κ2) is 6.07. The van der Waals surface area contributed by atoms with E-state index in [1.165, 1.54) is 0 Å². The number of rotatable bonds is 3. The predicted molar refractivity (Wildman–Crippen MR) is 93.5 cm³/mol. The van der Waals surface area contributed by atoms with Crippen LogP contribution in [-0.4, -0.2) is 38.4 Å². The lowest BCUT2D eigenvalue weighted by atomic mass is 10.0. The number of pyridine rings is 1. The number of nitrogens with zero attached hydrogens (tertiary/aromatic N) is 4. The number of imidazole rings is 1. The van der Waals surface area contributed by atoms with Crippen LogP contribution in [-0.2, 0) is 11.3 Å². The molecule has 0 N–H and O–H groups in total. The second-order valence-corrected chi connectivity index (χ2v) is 6.29. The van der Waals surface area contributed by atoms with Gasteiger partial charge in [0.2, 0.25) is 5.91 Å². The van der Waals surface area contributed by atoms with Gasteiger partial charge in [-0.15, -0.1) is 0 Å². The van der Waals surface area contributed by atoms with Gasteiger partial charge in [-0.05, 0) is 37.5 Å². The van der Waals surface area contributed by atoms with Crippen LogP contribution in [0.4, 0.5) is 0 Å². The Bertz CT molecular complexity index is 893. The molecule has 0 atom stereocenters. The van der Waals surface area contributed by atoms with Crippen molar-refractivity contribution < 1.29 is 4.79 Å². The van der Waals surface area contributed by atoms with E-state index >= 15 is 0 Å². The summed E-state index contributed by atoms with van der Waals surface area (Å²) in [5.41, 5.74) is 3.13. The van der Waals surface area contributed by atoms with Crippen molar-refractivity contribution in [3.63, 3.8) is 0 Å². The topological polar surface area (TPSA) is 51.0 Å². The van der Waals surface area contributed by atoms with Crippen molar-refractivity contribution in [2.24, 2.45) is 0 Å². The molecular weight excluding hydrogens is 300 g/mol. The van der Waals surface area contributed by atoms with E-state index in [9.17, 15) is 4.79 Å². The van der Waals surface area contributed by atoms with Crippen molar-refractivity contribution in [3.8, 4) is 11.4 Å². The molecule has 5 heteroatoms. The van der Waals surface area contributed by atoms with Crippen molar-refractivity contribution in [2.75, 3.05) is 13.1 Å². The number of hydrogen-bond donors (Lipinski definition) is 0. The molecule has 1 fully saturated rings. The first-order valence-corrected chi connectivity index (χ1v) is 8.37. The van der Waals surface area contributed by atoms with E-state index in [-0.39, 0.29) is 5.91 Å². The van der Waals surface area contributed by atoms with Crippen LogP contribution in [0.3, 0.4) is 0 Å². The molecular formula is C19H20N4O. The minimum absolute atomic E-state index is 0.169. The zero-order chi connectivity index (χ0) is 16.5. The number of amides is 1. The number of fused-ring (bicyclic) bond motifs is 1. The number of aryl methyl sites for hydroxylation is 1. The van der Waals surface area contributed by atoms with Crippen molar-refractivity contribution >= 4 is 16.8 Å². The minimum Gasteiger partial charge on any atom is -0.341 e. The minimum atomic E-state index is 0.169. The number of carbonyl (C=O) groups excluding carboxylic acids is 1. The molecule has 0 unspecified atom stereocenters. The smallest absolute Gasteiger partial charge is 0.242 e. The lowest BCUT2D eigenvalue weighted by Crippen LogP contribution is -2.31. The van der Waals surface area contributed by atoms with Crippen molar-refractivity contribution in [1.29, 1.82) is 0 Å². The highest BCUT2D eigenvalue weighted by Gasteiger charge is 2.20. The third-order valence-corrected chi connectivity index (χ3v) is 4.70. The van der Waals surface area contributed by atoms with Crippen molar-refractivity contribution in [3.05, 3.63) is 48.4 Å². The van der Waals surface area contributed by atoms with Gasteiger partial charge in [-0.1, -0.05) is 12.1 Å². The van der Waals surface area contributed by atoms with Crippen LogP contribution in [0, 0.1) is 6.92 Å². The number of carbonyl (C=O) groups is 1. The molecule has 122 valence electrons. The summed E-state index contributed by atoms with van der Waals surface area (Å²) in [6.07, 6.45) is 7.66. The zero-order valence-corrected chi connectivity index (χ0v) is 13.8. The van der Waals surface area contributed by atoms with E-state index in [1.54, 1.807) is 12.4 Å². The molecule has 1 amide bonds. The zero-order valence-electron chi connectivity index (χ0n) is 13.8. The third kappa shape index (κ3) is 2.56. The maximum atomic E-state index is 12.5. The average molecular weight is 320 g/mol. The summed E-state index contributed by atoms with van der Waals surface area (Å²) in [5.74, 6) is 1.00. The summed E-state index contributed by atoms with van der Waals surface area (Å²) >= 11 is 0. The van der Waals surface area contributed by atoms with E-state index < -0.39 is 0 Å². The molecule has 3 heterocycles. The van der Waals surface area contributed by atoms with Gasteiger partial charge < -0.3 is 9.47 Å². The SMILES string of the molecule is Cc1ccc2ncccc2c1-c1nccn1CC(=O)N1CCCC1. The Balaban J connectivity index is 1.75. The van der Waals surface area contributed by atoms with E-state index in [4.69, 9.17) is 0 Å². The van der Waals surface area contributed by atoms with Gasteiger partial charge in [-0.2, -0.15) is 0 Å². The van der Waals surface area contributed by atoms with Gasteiger partial charge in [0.25, 0.3) is 0 Å². The predicted octanol–water partition coefficient (Wildman–Crippen LogP) is 3.03. The Morgan fingerprint density at radius 3 is 2.79 bits per heavy atom. The van der Waals surface area contributed by atoms with Gasteiger partial charge in [0.1, 0.15) is 12.4 Å². The van der Waals surface area contributed by atoms with Gasteiger partial charge in [0, 0.05) is 42.6 Å². The number of benzene rings is 1. The highest BCUT2D eigenvalue weighted by atomic mass is 16.2. The molecule has 1 saturated heterocycles. The molecule has 1 aromatic carbocycles. The van der Waals surface area contributed by atoms with Gasteiger partial charge in [0.05, 0.1) is 5.52 Å². The second-order valence-electron chi connectivity index (χ2n) is 6.29. The molecule has 0 radical (unpaired) electrons. The Morgan fingerprint density at radius 2 is 1.96 bits per heavy atom. The summed E-state index contributed by atoms with van der Waals surface area (Å²) in [5, 5.41) is 1.07. The normalized spacial score (nSPS) is 14.5. The Morgan fingerprint density at radius 1 is 1.12 bits per heavy atom. The van der Waals surface area contributed by atoms with Gasteiger partial charge in [-0.3, -0.25) is 9.78 Å². The van der Waals surface area contributed by atoms with Gasteiger partial charge >= 0.3 is 0 Å². The molecule has 3 aromatic rings. The molecule has 5 nitrogen and oxygen atoms in total. The van der Waals surface area contributed by atoms with Crippen LogP contribution >= 0.6 is 0 Å². The molecule has 0 spiro atoms. The Hall–Kier alpha value is -2.69. The van der Waals surface area contributed by atoms with E-state index in [0.717, 1.165) is 53.8 Å². The van der Waals surface area contributed by atoms with E-state index in [2.05, 4.69) is 29.0 Å². The van der Waals surface area contributed by atoms with Crippen LogP contribution in [0.2, 0.25) is 0 Å². The fourth-order valence-corrected chi connectivity index (χ4v) is 3.44. The maximum Gasteiger partial charge on any atom is 0.242 e. The molecule has 24 heavy (non-hydrogen) atoms. The first-order valence-electron chi connectivity index (χ1n) is 8.37. The fourth-order valence-electron chi connectivity index (χ4n) is 3.44. The standard InChI is InChI=1S/C19H20N4O/c1-14-6-7-16-15(5-4-8-20-16)18(14)19-21-9-12-23(19)13-17(24)22-10-2-3-11-22/h4-9,12H,2-3,10-11,13H2,1H3. The first kappa shape index (κ1) is 14.9. The number of likely N-dealkylation sites (tertiary alicyclic amines) is 1. The molecule has 4 rings (SSSR count). The van der Waals surface area contributed by atoms with E-state index in [0.29, 0.717) is 6.54 Å². The first-order chi connectivity index (χ1) is 11.7. The lowest BCUT2D eigenvalue weighted by molar-refractivity contribution is -0.130. The maximum absolute atomic E-state index is 12.5. The Labute approximate surface area is 140 Å². The van der Waals surface area contributed by atoms with E-state index in [1.807, 2.05) is 27.8 Å². The van der Waals surface area contributed by atoms with Crippen molar-refractivity contribution in [2.45, 2.75) is 26.3 Å².